The van der Waals surface area contributed by atoms with Crippen molar-refractivity contribution in [2.75, 3.05) is 22.6 Å². The van der Waals surface area contributed by atoms with E-state index in [1.807, 2.05) is 69.3 Å². The fraction of sp³-hybridized carbons (Fsp3) is 0.227. The fourth-order valence-electron chi connectivity index (χ4n) is 2.60. The van der Waals surface area contributed by atoms with Crippen molar-refractivity contribution < 1.29 is 9.53 Å². The molecule has 2 amide bonds. The molecule has 0 saturated heterocycles. The van der Waals surface area contributed by atoms with Crippen LogP contribution in [0.4, 0.5) is 27.7 Å². The van der Waals surface area contributed by atoms with Crippen LogP contribution in [0.15, 0.2) is 54.6 Å². The number of nitrogens with zero attached hydrogens (tertiary/aromatic N) is 2. The lowest BCUT2D eigenvalue weighted by Crippen LogP contribution is -2.19. The number of rotatable bonds is 7. The van der Waals surface area contributed by atoms with Gasteiger partial charge in [-0.05, 0) is 56.7 Å². The molecule has 0 aliphatic carbocycles. The molecule has 0 unspecified atom stereocenters. The van der Waals surface area contributed by atoms with Gasteiger partial charge in [-0.3, -0.25) is 0 Å². The second kappa shape index (κ2) is 9.54. The normalized spacial score (nSPS) is 10.3. The summed E-state index contributed by atoms with van der Waals surface area (Å²) < 4.78 is 5.59. The highest BCUT2D eigenvalue weighted by Gasteiger charge is 2.05. The second-order valence-corrected chi connectivity index (χ2v) is 6.63. The van der Waals surface area contributed by atoms with Crippen LogP contribution in [-0.2, 0) is 0 Å². The van der Waals surface area contributed by atoms with Gasteiger partial charge in [0.2, 0.25) is 5.88 Å². The van der Waals surface area contributed by atoms with Crippen molar-refractivity contribution in [3.63, 3.8) is 0 Å². The zero-order chi connectivity index (χ0) is 20.6. The van der Waals surface area contributed by atoms with E-state index in [0.717, 1.165) is 23.4 Å². The topological polar surface area (TPSA) is 88.2 Å². The number of benzene rings is 2. The first-order valence-corrected chi connectivity index (χ1v) is 9.52. The third-order valence-electron chi connectivity index (χ3n) is 3.99. The number of aryl methyl sites for hydroxylation is 2. The molecule has 3 aromatic rings. The van der Waals surface area contributed by atoms with Gasteiger partial charge in [0.1, 0.15) is 11.6 Å². The van der Waals surface area contributed by atoms with Crippen LogP contribution in [0.5, 0.6) is 5.88 Å². The van der Waals surface area contributed by atoms with Crippen LogP contribution in [-0.4, -0.2) is 22.6 Å². The molecular formula is C22H25N5O2. The van der Waals surface area contributed by atoms with Gasteiger partial charge < -0.3 is 20.7 Å². The molecule has 0 radical (unpaired) electrons. The molecule has 3 N–H and O–H groups in total. The molecular weight excluding hydrogens is 366 g/mol. The number of anilines is 4. The zero-order valence-electron chi connectivity index (χ0n) is 16.8. The number of hydrogen-bond donors (Lipinski definition) is 3. The largest absolute Gasteiger partial charge is 0.478 e. The maximum atomic E-state index is 12.1. The van der Waals surface area contributed by atoms with E-state index in [0.29, 0.717) is 29.8 Å². The van der Waals surface area contributed by atoms with E-state index >= 15 is 0 Å². The standard InChI is InChI=1S/C22H25N5O2/c1-4-13-29-21-14-20(23-16(3)24-21)25-17-9-11-19(12-10-17)27-22(28)26-18-7-5-15(2)6-8-18/h5-12,14H,4,13H2,1-3H3,(H,23,24,25)(H2,26,27,28). The van der Waals surface area contributed by atoms with Crippen LogP contribution in [0.2, 0.25) is 0 Å². The van der Waals surface area contributed by atoms with Crippen LogP contribution in [0.25, 0.3) is 0 Å². The van der Waals surface area contributed by atoms with Crippen molar-refractivity contribution >= 4 is 28.9 Å². The summed E-state index contributed by atoms with van der Waals surface area (Å²) in [6, 6.07) is 16.5. The fourth-order valence-corrected chi connectivity index (χ4v) is 2.60. The monoisotopic (exact) mass is 391 g/mol. The van der Waals surface area contributed by atoms with E-state index in [2.05, 4.69) is 25.9 Å². The SMILES string of the molecule is CCCOc1cc(Nc2ccc(NC(=O)Nc3ccc(C)cc3)cc2)nc(C)n1. The number of carbonyl (C=O) groups is 1. The van der Waals surface area contributed by atoms with Gasteiger partial charge in [-0.1, -0.05) is 24.6 Å². The number of urea groups is 1. The van der Waals surface area contributed by atoms with E-state index in [4.69, 9.17) is 4.74 Å². The molecule has 0 aliphatic rings. The highest BCUT2D eigenvalue weighted by atomic mass is 16.5. The molecule has 1 heterocycles. The van der Waals surface area contributed by atoms with Gasteiger partial charge in [-0.25, -0.2) is 9.78 Å². The Bertz CT molecular complexity index is 956. The molecule has 0 bridgehead atoms. The molecule has 2 aromatic carbocycles. The molecule has 0 saturated carbocycles. The van der Waals surface area contributed by atoms with Gasteiger partial charge in [0.15, 0.2) is 0 Å². The number of hydrogen-bond acceptors (Lipinski definition) is 5. The number of ether oxygens (including phenoxy) is 1. The van der Waals surface area contributed by atoms with Crippen molar-refractivity contribution in [3.05, 3.63) is 66.0 Å². The summed E-state index contributed by atoms with van der Waals surface area (Å²) in [6.07, 6.45) is 0.914. The van der Waals surface area contributed by atoms with Crippen molar-refractivity contribution in [2.45, 2.75) is 27.2 Å². The summed E-state index contributed by atoms with van der Waals surface area (Å²) in [5.41, 5.74) is 3.41. The summed E-state index contributed by atoms with van der Waals surface area (Å²) in [5, 5.41) is 8.85. The van der Waals surface area contributed by atoms with E-state index in [1.54, 1.807) is 6.07 Å². The van der Waals surface area contributed by atoms with Gasteiger partial charge in [0.05, 0.1) is 6.61 Å². The number of nitrogens with one attached hydrogen (secondary N) is 3. The summed E-state index contributed by atoms with van der Waals surface area (Å²) in [5.74, 6) is 1.83. The summed E-state index contributed by atoms with van der Waals surface area (Å²) in [6.45, 7) is 6.48. The molecule has 3 rings (SSSR count). The van der Waals surface area contributed by atoms with Crippen LogP contribution in [0.3, 0.4) is 0 Å². The van der Waals surface area contributed by atoms with Gasteiger partial charge >= 0.3 is 6.03 Å². The predicted molar refractivity (Wildman–Crippen MR) is 116 cm³/mol. The first-order chi connectivity index (χ1) is 14.0. The number of carbonyl (C=O) groups excluding carboxylic acids is 1. The molecule has 0 fully saturated rings. The Balaban J connectivity index is 1.59. The van der Waals surface area contributed by atoms with E-state index in [1.165, 1.54) is 0 Å². The molecule has 0 atom stereocenters. The molecule has 1 aromatic heterocycles. The van der Waals surface area contributed by atoms with E-state index in [9.17, 15) is 4.79 Å². The van der Waals surface area contributed by atoms with Crippen LogP contribution in [0.1, 0.15) is 24.7 Å². The molecule has 29 heavy (non-hydrogen) atoms. The number of aromatic nitrogens is 2. The Morgan fingerprint density at radius 1 is 0.897 bits per heavy atom. The summed E-state index contributed by atoms with van der Waals surface area (Å²) in [7, 11) is 0. The Morgan fingerprint density at radius 2 is 1.48 bits per heavy atom. The third kappa shape index (κ3) is 6.21. The molecule has 7 heteroatoms. The van der Waals surface area contributed by atoms with Gasteiger partial charge in [-0.15, -0.1) is 0 Å². The van der Waals surface area contributed by atoms with Crippen molar-refractivity contribution in [2.24, 2.45) is 0 Å². The Kier molecular flexibility index (Phi) is 6.63. The first-order valence-electron chi connectivity index (χ1n) is 9.52. The molecule has 0 aliphatic heterocycles. The summed E-state index contributed by atoms with van der Waals surface area (Å²) in [4.78, 5) is 20.8. The van der Waals surface area contributed by atoms with Gasteiger partial charge in [0, 0.05) is 23.1 Å². The third-order valence-corrected chi connectivity index (χ3v) is 3.99. The maximum Gasteiger partial charge on any atom is 0.323 e. The maximum absolute atomic E-state index is 12.1. The van der Waals surface area contributed by atoms with Crippen molar-refractivity contribution in [3.8, 4) is 5.88 Å². The molecule has 0 spiro atoms. The Hall–Kier alpha value is -3.61. The quantitative estimate of drug-likeness (QED) is 0.511. The molecule has 7 nitrogen and oxygen atoms in total. The lowest BCUT2D eigenvalue weighted by Gasteiger charge is -2.11. The molecule has 150 valence electrons. The minimum Gasteiger partial charge on any atom is -0.478 e. The van der Waals surface area contributed by atoms with Crippen molar-refractivity contribution in [1.29, 1.82) is 0 Å². The van der Waals surface area contributed by atoms with E-state index < -0.39 is 0 Å². The van der Waals surface area contributed by atoms with Gasteiger partial charge in [-0.2, -0.15) is 4.98 Å². The lowest BCUT2D eigenvalue weighted by atomic mass is 10.2. The predicted octanol–water partition coefficient (Wildman–Crippen LogP) is 5.27. The van der Waals surface area contributed by atoms with Gasteiger partial charge in [0.25, 0.3) is 0 Å². The zero-order valence-corrected chi connectivity index (χ0v) is 16.8. The highest BCUT2D eigenvalue weighted by molar-refractivity contribution is 5.99. The van der Waals surface area contributed by atoms with E-state index in [-0.39, 0.29) is 6.03 Å². The summed E-state index contributed by atoms with van der Waals surface area (Å²) >= 11 is 0. The number of amides is 2. The highest BCUT2D eigenvalue weighted by Crippen LogP contribution is 2.21. The average molecular weight is 391 g/mol. The minimum absolute atomic E-state index is 0.293. The van der Waals surface area contributed by atoms with Crippen LogP contribution in [0, 0.1) is 13.8 Å². The smallest absolute Gasteiger partial charge is 0.323 e. The Morgan fingerprint density at radius 3 is 2.10 bits per heavy atom. The van der Waals surface area contributed by atoms with Crippen LogP contribution >= 0.6 is 0 Å². The first kappa shape index (κ1) is 20.1. The second-order valence-electron chi connectivity index (χ2n) is 6.63. The van der Waals surface area contributed by atoms with Crippen molar-refractivity contribution in [1.82, 2.24) is 9.97 Å². The minimum atomic E-state index is -0.293. The average Bonchev–Trinajstić information content (AvgIpc) is 2.69. The Labute approximate surface area is 170 Å². The lowest BCUT2D eigenvalue weighted by molar-refractivity contribution is 0.262. The van der Waals surface area contributed by atoms with Crippen LogP contribution < -0.4 is 20.7 Å².